The van der Waals surface area contributed by atoms with Gasteiger partial charge in [0.15, 0.2) is 0 Å². The zero-order valence-corrected chi connectivity index (χ0v) is 10.1. The van der Waals surface area contributed by atoms with Gasteiger partial charge < -0.3 is 15.4 Å². The topological polar surface area (TPSA) is 55.6 Å². The molecule has 0 aromatic carbocycles. The van der Waals surface area contributed by atoms with E-state index in [1.807, 2.05) is 11.9 Å². The highest BCUT2D eigenvalue weighted by Gasteiger charge is 2.39. The number of ether oxygens (including phenoxy) is 1. The average Bonchev–Trinajstić information content (AvgIpc) is 2.75. The molecule has 16 heavy (non-hydrogen) atoms. The lowest BCUT2D eigenvalue weighted by molar-refractivity contribution is -0.135. The highest BCUT2D eigenvalue weighted by molar-refractivity contribution is 5.77. The van der Waals surface area contributed by atoms with Crippen molar-refractivity contribution in [1.29, 1.82) is 0 Å². The summed E-state index contributed by atoms with van der Waals surface area (Å²) in [6, 6.07) is 0.280. The van der Waals surface area contributed by atoms with Crippen LogP contribution in [0.1, 0.15) is 32.1 Å². The van der Waals surface area contributed by atoms with Crippen molar-refractivity contribution in [1.82, 2.24) is 4.90 Å². The summed E-state index contributed by atoms with van der Waals surface area (Å²) < 4.78 is 5.31. The Morgan fingerprint density at radius 2 is 2.31 bits per heavy atom. The van der Waals surface area contributed by atoms with Crippen LogP contribution in [0, 0.1) is 5.41 Å². The van der Waals surface area contributed by atoms with Gasteiger partial charge >= 0.3 is 0 Å². The van der Waals surface area contributed by atoms with E-state index in [4.69, 9.17) is 10.5 Å². The first-order valence-corrected chi connectivity index (χ1v) is 6.20. The molecule has 1 amide bonds. The quantitative estimate of drug-likeness (QED) is 0.769. The molecule has 1 saturated carbocycles. The van der Waals surface area contributed by atoms with Crippen LogP contribution in [0.2, 0.25) is 0 Å². The molecule has 4 nitrogen and oxygen atoms in total. The second kappa shape index (κ2) is 4.72. The molecular formula is C12H22N2O2. The maximum absolute atomic E-state index is 12.1. The van der Waals surface area contributed by atoms with E-state index in [2.05, 4.69) is 0 Å². The summed E-state index contributed by atoms with van der Waals surface area (Å²) in [5, 5.41) is 0. The van der Waals surface area contributed by atoms with Crippen molar-refractivity contribution in [3.8, 4) is 0 Å². The molecule has 2 rings (SSSR count). The Morgan fingerprint density at radius 1 is 1.56 bits per heavy atom. The Balaban J connectivity index is 1.86. The van der Waals surface area contributed by atoms with Crippen molar-refractivity contribution in [2.45, 2.75) is 38.1 Å². The van der Waals surface area contributed by atoms with Crippen LogP contribution in [-0.4, -0.2) is 43.7 Å². The predicted octanol–water partition coefficient (Wildman–Crippen LogP) is 0.753. The first-order chi connectivity index (χ1) is 7.67. The second-order valence-electron chi connectivity index (χ2n) is 5.26. The van der Waals surface area contributed by atoms with E-state index < -0.39 is 0 Å². The first kappa shape index (κ1) is 11.9. The van der Waals surface area contributed by atoms with E-state index in [1.165, 1.54) is 6.42 Å². The lowest BCUT2D eigenvalue weighted by Crippen LogP contribution is -2.45. The number of amides is 1. The Morgan fingerprint density at radius 3 is 2.75 bits per heavy atom. The Labute approximate surface area is 97.1 Å². The number of hydrogen-bond acceptors (Lipinski definition) is 3. The van der Waals surface area contributed by atoms with E-state index >= 15 is 0 Å². The molecule has 1 aliphatic carbocycles. The third-order valence-corrected chi connectivity index (χ3v) is 4.22. The lowest BCUT2D eigenvalue weighted by Gasteiger charge is -2.41. The fourth-order valence-corrected chi connectivity index (χ4v) is 2.61. The SMILES string of the molecule is CN(C(=O)CC1(CN)CCC1)C1CCOC1. The van der Waals surface area contributed by atoms with Crippen molar-refractivity contribution in [3.05, 3.63) is 0 Å². The zero-order valence-electron chi connectivity index (χ0n) is 10.1. The smallest absolute Gasteiger partial charge is 0.223 e. The van der Waals surface area contributed by atoms with Gasteiger partial charge in [-0.2, -0.15) is 0 Å². The molecule has 4 heteroatoms. The molecule has 2 fully saturated rings. The summed E-state index contributed by atoms with van der Waals surface area (Å²) in [5.74, 6) is 0.237. The highest BCUT2D eigenvalue weighted by Crippen LogP contribution is 2.43. The van der Waals surface area contributed by atoms with Gasteiger partial charge in [0.1, 0.15) is 0 Å². The van der Waals surface area contributed by atoms with Crippen LogP contribution in [0.25, 0.3) is 0 Å². The average molecular weight is 226 g/mol. The molecular weight excluding hydrogens is 204 g/mol. The van der Waals surface area contributed by atoms with Gasteiger partial charge in [-0.1, -0.05) is 6.42 Å². The fourth-order valence-electron chi connectivity index (χ4n) is 2.61. The number of hydrogen-bond donors (Lipinski definition) is 1. The molecule has 0 bridgehead atoms. The van der Waals surface area contributed by atoms with Gasteiger partial charge in [-0.3, -0.25) is 4.79 Å². The standard InChI is InChI=1S/C12H22N2O2/c1-14(10-3-6-16-8-10)11(15)7-12(9-13)4-2-5-12/h10H,2-9,13H2,1H3. The molecule has 1 saturated heterocycles. The van der Waals surface area contributed by atoms with Gasteiger partial charge in [0.2, 0.25) is 5.91 Å². The molecule has 0 spiro atoms. The maximum Gasteiger partial charge on any atom is 0.223 e. The van der Waals surface area contributed by atoms with Crippen molar-refractivity contribution >= 4 is 5.91 Å². The Hall–Kier alpha value is -0.610. The van der Waals surface area contributed by atoms with Crippen LogP contribution in [0.15, 0.2) is 0 Å². The normalized spacial score (nSPS) is 27.5. The Bertz CT molecular complexity index is 252. The second-order valence-corrected chi connectivity index (χ2v) is 5.26. The zero-order chi connectivity index (χ0) is 11.6. The molecule has 0 radical (unpaired) electrons. The Kier molecular flexibility index (Phi) is 3.50. The van der Waals surface area contributed by atoms with Crippen molar-refractivity contribution in [2.75, 3.05) is 26.8 Å². The lowest BCUT2D eigenvalue weighted by atomic mass is 9.66. The molecule has 1 atom stereocenters. The van der Waals surface area contributed by atoms with E-state index in [0.29, 0.717) is 19.6 Å². The predicted molar refractivity (Wildman–Crippen MR) is 61.9 cm³/mol. The number of carbonyl (C=O) groups is 1. The molecule has 0 aromatic rings. The van der Waals surface area contributed by atoms with Gasteiger partial charge in [-0.05, 0) is 31.2 Å². The first-order valence-electron chi connectivity index (χ1n) is 6.20. The summed E-state index contributed by atoms with van der Waals surface area (Å²) >= 11 is 0. The van der Waals surface area contributed by atoms with Gasteiger partial charge in [-0.25, -0.2) is 0 Å². The van der Waals surface area contributed by atoms with E-state index in [-0.39, 0.29) is 17.4 Å². The van der Waals surface area contributed by atoms with E-state index in [0.717, 1.165) is 25.9 Å². The minimum Gasteiger partial charge on any atom is -0.379 e. The largest absolute Gasteiger partial charge is 0.379 e. The number of nitrogens with zero attached hydrogens (tertiary/aromatic N) is 1. The van der Waals surface area contributed by atoms with E-state index in [9.17, 15) is 4.79 Å². The minimum atomic E-state index is 0.116. The molecule has 1 aliphatic heterocycles. The third kappa shape index (κ3) is 2.23. The van der Waals surface area contributed by atoms with Crippen LogP contribution in [-0.2, 0) is 9.53 Å². The van der Waals surface area contributed by atoms with Crippen molar-refractivity contribution in [2.24, 2.45) is 11.1 Å². The van der Waals surface area contributed by atoms with Gasteiger partial charge in [0.05, 0.1) is 12.6 Å². The summed E-state index contributed by atoms with van der Waals surface area (Å²) in [4.78, 5) is 14.0. The molecule has 1 heterocycles. The molecule has 0 aromatic heterocycles. The number of rotatable bonds is 4. The van der Waals surface area contributed by atoms with Crippen LogP contribution < -0.4 is 5.73 Å². The number of carbonyl (C=O) groups excluding carboxylic acids is 1. The third-order valence-electron chi connectivity index (χ3n) is 4.22. The maximum atomic E-state index is 12.1. The highest BCUT2D eigenvalue weighted by atomic mass is 16.5. The number of nitrogens with two attached hydrogens (primary N) is 1. The fraction of sp³-hybridized carbons (Fsp3) is 0.917. The minimum absolute atomic E-state index is 0.116. The summed E-state index contributed by atoms with van der Waals surface area (Å²) in [5.41, 5.74) is 5.89. The summed E-state index contributed by atoms with van der Waals surface area (Å²) in [7, 11) is 1.89. The van der Waals surface area contributed by atoms with E-state index in [1.54, 1.807) is 0 Å². The van der Waals surface area contributed by atoms with Crippen LogP contribution in [0.5, 0.6) is 0 Å². The molecule has 1 unspecified atom stereocenters. The van der Waals surface area contributed by atoms with Gasteiger partial charge in [0.25, 0.3) is 0 Å². The molecule has 2 aliphatic rings. The van der Waals surface area contributed by atoms with Crippen molar-refractivity contribution in [3.63, 3.8) is 0 Å². The van der Waals surface area contributed by atoms with Gasteiger partial charge in [0, 0.05) is 20.1 Å². The van der Waals surface area contributed by atoms with Crippen LogP contribution in [0.3, 0.4) is 0 Å². The van der Waals surface area contributed by atoms with Crippen LogP contribution in [0.4, 0.5) is 0 Å². The molecule has 2 N–H and O–H groups in total. The molecule has 92 valence electrons. The summed E-state index contributed by atoms with van der Waals surface area (Å²) in [6.07, 6.45) is 5.05. The summed E-state index contributed by atoms with van der Waals surface area (Å²) in [6.45, 7) is 2.12. The monoisotopic (exact) mass is 226 g/mol. The van der Waals surface area contributed by atoms with Gasteiger partial charge in [-0.15, -0.1) is 0 Å². The number of likely N-dealkylation sites (N-methyl/N-ethyl adjacent to an activating group) is 1. The van der Waals surface area contributed by atoms with Crippen LogP contribution >= 0.6 is 0 Å². The van der Waals surface area contributed by atoms with Crippen molar-refractivity contribution < 1.29 is 9.53 Å².